The van der Waals surface area contributed by atoms with Gasteiger partial charge in [-0.1, -0.05) is 34.4 Å². The second kappa shape index (κ2) is 6.88. The number of nitrogens with zero attached hydrogens (tertiary/aromatic N) is 1. The van der Waals surface area contributed by atoms with Gasteiger partial charge < -0.3 is 9.84 Å². The summed E-state index contributed by atoms with van der Waals surface area (Å²) in [7, 11) is -3.92. The van der Waals surface area contributed by atoms with Gasteiger partial charge in [0.15, 0.2) is 5.76 Å². The number of carbonyl (C=O) groups is 1. The molecule has 0 fully saturated rings. The molecule has 0 atom stereocenters. The second-order valence-electron chi connectivity index (χ2n) is 4.62. The van der Waals surface area contributed by atoms with Crippen molar-refractivity contribution >= 4 is 44.8 Å². The number of hydrogen-bond donors (Lipinski definition) is 2. The van der Waals surface area contributed by atoms with Crippen LogP contribution in [0.3, 0.4) is 0 Å². The number of aromatic nitrogens is 1. The third-order valence-electron chi connectivity index (χ3n) is 2.89. The van der Waals surface area contributed by atoms with Gasteiger partial charge in [0, 0.05) is 0 Å². The molecule has 1 aromatic heterocycles. The Morgan fingerprint density at radius 2 is 1.87 bits per heavy atom. The number of carbonyl (C=O) groups excluding carboxylic acids is 1. The zero-order valence-electron chi connectivity index (χ0n) is 12.2. The van der Waals surface area contributed by atoms with Crippen molar-refractivity contribution in [3.63, 3.8) is 0 Å². The number of aryl methyl sites for hydroxylation is 2. The molecule has 0 spiro atoms. The van der Waals surface area contributed by atoms with Crippen LogP contribution in [0.15, 0.2) is 27.6 Å². The van der Waals surface area contributed by atoms with Gasteiger partial charge in [-0.3, -0.25) is 4.79 Å². The summed E-state index contributed by atoms with van der Waals surface area (Å²) in [5.74, 6) is -0.472. The molecular formula is C13H13Cl2N3O4S. The Labute approximate surface area is 143 Å². The van der Waals surface area contributed by atoms with E-state index in [0.717, 1.165) is 0 Å². The van der Waals surface area contributed by atoms with E-state index in [1.807, 2.05) is 0 Å². The van der Waals surface area contributed by atoms with Crippen LogP contribution in [-0.4, -0.2) is 26.0 Å². The number of sulfonamides is 1. The molecule has 0 saturated carbocycles. The first-order valence-corrected chi connectivity index (χ1v) is 8.62. The quantitative estimate of drug-likeness (QED) is 0.833. The van der Waals surface area contributed by atoms with E-state index in [9.17, 15) is 13.2 Å². The summed E-state index contributed by atoms with van der Waals surface area (Å²) in [6.07, 6.45) is 0. The van der Waals surface area contributed by atoms with Gasteiger partial charge in [0.2, 0.25) is 15.9 Å². The van der Waals surface area contributed by atoms with E-state index in [2.05, 4.69) is 15.2 Å². The second-order valence-corrected chi connectivity index (χ2v) is 7.14. The Morgan fingerprint density at radius 1 is 1.26 bits per heavy atom. The fraction of sp³-hybridized carbons (Fsp3) is 0.231. The lowest BCUT2D eigenvalue weighted by Gasteiger charge is -2.10. The molecular weight excluding hydrogens is 365 g/mol. The number of hydrogen-bond acceptors (Lipinski definition) is 5. The highest BCUT2D eigenvalue weighted by Crippen LogP contribution is 2.29. The number of benzene rings is 1. The highest BCUT2D eigenvalue weighted by atomic mass is 35.5. The highest BCUT2D eigenvalue weighted by molar-refractivity contribution is 7.89. The summed E-state index contributed by atoms with van der Waals surface area (Å²) < 4.78 is 31.4. The van der Waals surface area contributed by atoms with Gasteiger partial charge in [-0.05, 0) is 26.0 Å². The minimum atomic E-state index is -3.92. The molecule has 2 rings (SSSR count). The number of nitrogens with one attached hydrogen (secondary N) is 2. The molecule has 0 bridgehead atoms. The molecule has 1 aromatic carbocycles. The smallest absolute Gasteiger partial charge is 0.246 e. The van der Waals surface area contributed by atoms with Crippen molar-refractivity contribution < 1.29 is 17.7 Å². The maximum absolute atomic E-state index is 12.2. The maximum Gasteiger partial charge on any atom is 0.246 e. The average Bonchev–Trinajstić information content (AvgIpc) is 2.81. The van der Waals surface area contributed by atoms with E-state index < -0.39 is 22.5 Å². The molecule has 0 saturated heterocycles. The van der Waals surface area contributed by atoms with Gasteiger partial charge in [-0.2, -0.15) is 0 Å². The third-order valence-corrected chi connectivity index (χ3v) is 5.16. The van der Waals surface area contributed by atoms with E-state index >= 15 is 0 Å². The number of amides is 1. The first-order chi connectivity index (χ1) is 10.7. The molecule has 0 unspecified atom stereocenters. The van der Waals surface area contributed by atoms with Crippen LogP contribution in [0.5, 0.6) is 0 Å². The molecule has 10 heteroatoms. The average molecular weight is 378 g/mol. The highest BCUT2D eigenvalue weighted by Gasteiger charge is 2.24. The van der Waals surface area contributed by atoms with Gasteiger partial charge in [0.25, 0.3) is 0 Å². The molecule has 2 N–H and O–H groups in total. The summed E-state index contributed by atoms with van der Waals surface area (Å²) >= 11 is 11.9. The van der Waals surface area contributed by atoms with Crippen LogP contribution in [0, 0.1) is 13.8 Å². The predicted molar refractivity (Wildman–Crippen MR) is 86.3 cm³/mol. The number of para-hydroxylation sites is 1. The number of anilines is 1. The van der Waals surface area contributed by atoms with Crippen molar-refractivity contribution in [1.82, 2.24) is 9.88 Å². The lowest BCUT2D eigenvalue weighted by Crippen LogP contribution is -2.33. The van der Waals surface area contributed by atoms with E-state index in [0.29, 0.717) is 0 Å². The van der Waals surface area contributed by atoms with Crippen LogP contribution < -0.4 is 10.0 Å². The predicted octanol–water partition coefficient (Wildman–Crippen LogP) is 2.52. The van der Waals surface area contributed by atoms with Crippen molar-refractivity contribution in [3.05, 3.63) is 39.7 Å². The Kier molecular flexibility index (Phi) is 5.30. The largest absolute Gasteiger partial charge is 0.360 e. The van der Waals surface area contributed by atoms with Crippen molar-refractivity contribution in [2.75, 3.05) is 11.9 Å². The van der Waals surface area contributed by atoms with Gasteiger partial charge in [0.05, 0.1) is 22.3 Å². The Morgan fingerprint density at radius 3 is 2.39 bits per heavy atom. The summed E-state index contributed by atoms with van der Waals surface area (Å²) in [4.78, 5) is 11.8. The normalized spacial score (nSPS) is 11.5. The van der Waals surface area contributed by atoms with E-state index in [1.165, 1.54) is 13.8 Å². The molecule has 7 nitrogen and oxygen atoms in total. The van der Waals surface area contributed by atoms with Gasteiger partial charge >= 0.3 is 0 Å². The van der Waals surface area contributed by atoms with Crippen LogP contribution in [0.2, 0.25) is 10.0 Å². The maximum atomic E-state index is 12.2. The first kappa shape index (κ1) is 17.7. The van der Waals surface area contributed by atoms with Crippen LogP contribution >= 0.6 is 23.2 Å². The standard InChI is InChI=1S/C13H13Cl2N3O4S/c1-7-13(8(2)22-18-7)23(20,21)16-6-11(19)17-12-9(14)4-3-5-10(12)15/h3-5,16H,6H2,1-2H3,(H,17,19). The summed E-state index contributed by atoms with van der Waals surface area (Å²) in [5, 5.41) is 6.53. The van der Waals surface area contributed by atoms with Crippen molar-refractivity contribution in [2.24, 2.45) is 0 Å². The van der Waals surface area contributed by atoms with Crippen LogP contribution in [0.25, 0.3) is 0 Å². The number of rotatable bonds is 5. The lowest BCUT2D eigenvalue weighted by molar-refractivity contribution is -0.115. The Hall–Kier alpha value is -1.61. The fourth-order valence-electron chi connectivity index (χ4n) is 1.89. The van der Waals surface area contributed by atoms with Crippen LogP contribution in [0.1, 0.15) is 11.5 Å². The van der Waals surface area contributed by atoms with Crippen LogP contribution in [0.4, 0.5) is 5.69 Å². The SMILES string of the molecule is Cc1noc(C)c1S(=O)(=O)NCC(=O)Nc1c(Cl)cccc1Cl. The molecule has 0 aliphatic carbocycles. The van der Waals surface area contributed by atoms with E-state index in [-0.39, 0.29) is 32.1 Å². The van der Waals surface area contributed by atoms with Crippen molar-refractivity contribution in [1.29, 1.82) is 0 Å². The molecule has 1 heterocycles. The topological polar surface area (TPSA) is 101 Å². The Balaban J connectivity index is 2.08. The van der Waals surface area contributed by atoms with E-state index in [4.69, 9.17) is 27.7 Å². The monoisotopic (exact) mass is 377 g/mol. The third kappa shape index (κ3) is 4.03. The van der Waals surface area contributed by atoms with Crippen molar-refractivity contribution in [3.8, 4) is 0 Å². The number of halogens is 2. The fourth-order valence-corrected chi connectivity index (χ4v) is 3.69. The molecule has 124 valence electrons. The Bertz CT molecular complexity index is 809. The zero-order chi connectivity index (χ0) is 17.2. The molecule has 0 aliphatic rings. The van der Waals surface area contributed by atoms with Gasteiger partial charge in [-0.15, -0.1) is 0 Å². The molecule has 0 aliphatic heterocycles. The molecule has 1 amide bonds. The first-order valence-electron chi connectivity index (χ1n) is 6.39. The lowest BCUT2D eigenvalue weighted by atomic mass is 10.3. The molecule has 0 radical (unpaired) electrons. The van der Waals surface area contributed by atoms with Crippen molar-refractivity contribution in [2.45, 2.75) is 18.7 Å². The van der Waals surface area contributed by atoms with E-state index in [1.54, 1.807) is 18.2 Å². The minimum absolute atomic E-state index is 0.0823. The van der Waals surface area contributed by atoms with Gasteiger partial charge in [-0.25, -0.2) is 13.1 Å². The summed E-state index contributed by atoms with van der Waals surface area (Å²) in [6, 6.07) is 4.73. The summed E-state index contributed by atoms with van der Waals surface area (Å²) in [5.41, 5.74) is 0.432. The minimum Gasteiger partial charge on any atom is -0.360 e. The summed E-state index contributed by atoms with van der Waals surface area (Å²) in [6.45, 7) is 2.47. The van der Waals surface area contributed by atoms with Crippen LogP contribution in [-0.2, 0) is 14.8 Å². The van der Waals surface area contributed by atoms with Gasteiger partial charge in [0.1, 0.15) is 10.6 Å². The zero-order valence-corrected chi connectivity index (χ0v) is 14.5. The molecule has 2 aromatic rings. The molecule has 23 heavy (non-hydrogen) atoms.